The highest BCUT2D eigenvalue weighted by atomic mass is 16.5. The van der Waals surface area contributed by atoms with Crippen molar-refractivity contribution in [1.82, 2.24) is 15.1 Å². The van der Waals surface area contributed by atoms with E-state index in [0.29, 0.717) is 18.8 Å². The van der Waals surface area contributed by atoms with Crippen LogP contribution in [0, 0.1) is 13.8 Å². The van der Waals surface area contributed by atoms with Crippen LogP contribution >= 0.6 is 0 Å². The van der Waals surface area contributed by atoms with Gasteiger partial charge in [-0.05, 0) is 43.7 Å². The molecule has 0 radical (unpaired) electrons. The Balaban J connectivity index is 1.43. The lowest BCUT2D eigenvalue weighted by atomic mass is 10.1. The van der Waals surface area contributed by atoms with Crippen molar-refractivity contribution in [2.24, 2.45) is 0 Å². The van der Waals surface area contributed by atoms with Crippen molar-refractivity contribution in [3.05, 3.63) is 65.4 Å². The number of aromatic nitrogens is 2. The number of aryl methyl sites for hydroxylation is 2. The number of ether oxygens (including phenoxy) is 1. The molecule has 1 amide bonds. The first-order valence-corrected chi connectivity index (χ1v) is 9.86. The van der Waals surface area contributed by atoms with Crippen LogP contribution in [0.3, 0.4) is 0 Å². The summed E-state index contributed by atoms with van der Waals surface area (Å²) in [4.78, 5) is 17.2. The van der Waals surface area contributed by atoms with Gasteiger partial charge >= 0.3 is 0 Å². The van der Waals surface area contributed by atoms with E-state index in [1.807, 2.05) is 35.2 Å². The molecule has 3 aromatic rings. The maximum absolute atomic E-state index is 12.9. The van der Waals surface area contributed by atoms with Gasteiger partial charge < -0.3 is 14.5 Å². The first-order valence-electron chi connectivity index (χ1n) is 9.86. The molecule has 0 aliphatic carbocycles. The molecule has 150 valence electrons. The SMILES string of the molecule is COc1cccc(-c2cc(C(=O)N3CCN(c4ccc(C)cc4C)CC3)[nH]n2)c1. The Bertz CT molecular complexity index is 1020. The van der Waals surface area contributed by atoms with Crippen molar-refractivity contribution >= 4 is 11.6 Å². The zero-order valence-corrected chi connectivity index (χ0v) is 17.1. The van der Waals surface area contributed by atoms with Crippen LogP contribution in [-0.4, -0.2) is 54.3 Å². The Hall–Kier alpha value is -3.28. The van der Waals surface area contributed by atoms with Gasteiger partial charge in [0.15, 0.2) is 0 Å². The van der Waals surface area contributed by atoms with E-state index in [-0.39, 0.29) is 5.91 Å². The van der Waals surface area contributed by atoms with Crippen LogP contribution in [0.4, 0.5) is 5.69 Å². The molecule has 1 fully saturated rings. The van der Waals surface area contributed by atoms with Crippen molar-refractivity contribution in [3.63, 3.8) is 0 Å². The minimum atomic E-state index is -0.00748. The lowest BCUT2D eigenvalue weighted by molar-refractivity contribution is 0.0741. The number of benzene rings is 2. The van der Waals surface area contributed by atoms with Crippen molar-refractivity contribution in [2.75, 3.05) is 38.2 Å². The fourth-order valence-electron chi connectivity index (χ4n) is 3.84. The summed E-state index contributed by atoms with van der Waals surface area (Å²) in [6.07, 6.45) is 0. The minimum absolute atomic E-state index is 0.00748. The van der Waals surface area contributed by atoms with Gasteiger partial charge in [-0.25, -0.2) is 0 Å². The third kappa shape index (κ3) is 3.97. The van der Waals surface area contributed by atoms with E-state index in [1.165, 1.54) is 16.8 Å². The topological polar surface area (TPSA) is 61.5 Å². The Morgan fingerprint density at radius 3 is 2.55 bits per heavy atom. The third-order valence-corrected chi connectivity index (χ3v) is 5.43. The van der Waals surface area contributed by atoms with Crippen molar-refractivity contribution in [3.8, 4) is 17.0 Å². The molecule has 0 saturated carbocycles. The molecule has 1 saturated heterocycles. The quantitative estimate of drug-likeness (QED) is 0.738. The highest BCUT2D eigenvalue weighted by molar-refractivity contribution is 5.93. The van der Waals surface area contributed by atoms with E-state index in [2.05, 4.69) is 47.1 Å². The molecular weight excluding hydrogens is 364 g/mol. The number of carbonyl (C=O) groups is 1. The summed E-state index contributed by atoms with van der Waals surface area (Å²) in [6.45, 7) is 7.29. The number of nitrogens with one attached hydrogen (secondary N) is 1. The van der Waals surface area contributed by atoms with Crippen LogP contribution < -0.4 is 9.64 Å². The summed E-state index contributed by atoms with van der Waals surface area (Å²) in [6, 6.07) is 16.0. The number of hydrogen-bond donors (Lipinski definition) is 1. The molecule has 1 aliphatic rings. The predicted octanol–water partition coefficient (Wildman–Crippen LogP) is 3.66. The average molecular weight is 390 g/mol. The molecule has 6 heteroatoms. The summed E-state index contributed by atoms with van der Waals surface area (Å²) in [5.41, 5.74) is 5.97. The standard InChI is InChI=1S/C23H26N4O2/c1-16-7-8-22(17(2)13-16)26-9-11-27(12-10-26)23(28)21-15-20(24-25-21)18-5-4-6-19(14-18)29-3/h4-8,13-15H,9-12H2,1-3H3,(H,24,25). The predicted molar refractivity (Wildman–Crippen MR) is 115 cm³/mol. The van der Waals surface area contributed by atoms with Gasteiger partial charge in [-0.1, -0.05) is 29.8 Å². The number of nitrogens with zero attached hydrogens (tertiary/aromatic N) is 3. The smallest absolute Gasteiger partial charge is 0.272 e. The first-order chi connectivity index (χ1) is 14.0. The van der Waals surface area contributed by atoms with Crippen LogP contribution in [0.5, 0.6) is 5.75 Å². The van der Waals surface area contributed by atoms with E-state index >= 15 is 0 Å². The summed E-state index contributed by atoms with van der Waals surface area (Å²) in [5, 5.41) is 7.22. The van der Waals surface area contributed by atoms with Gasteiger partial charge in [-0.15, -0.1) is 0 Å². The number of methoxy groups -OCH3 is 1. The Kier molecular flexibility index (Phi) is 5.25. The second-order valence-corrected chi connectivity index (χ2v) is 7.47. The van der Waals surface area contributed by atoms with Gasteiger partial charge in [-0.3, -0.25) is 9.89 Å². The second-order valence-electron chi connectivity index (χ2n) is 7.47. The summed E-state index contributed by atoms with van der Waals surface area (Å²) >= 11 is 0. The van der Waals surface area contributed by atoms with Crippen LogP contribution in [0.2, 0.25) is 0 Å². The van der Waals surface area contributed by atoms with E-state index in [4.69, 9.17) is 4.74 Å². The molecule has 1 aliphatic heterocycles. The summed E-state index contributed by atoms with van der Waals surface area (Å²) in [5.74, 6) is 0.757. The van der Waals surface area contributed by atoms with Crippen molar-refractivity contribution in [2.45, 2.75) is 13.8 Å². The van der Waals surface area contributed by atoms with Gasteiger partial charge in [0.05, 0.1) is 12.8 Å². The van der Waals surface area contributed by atoms with Gasteiger partial charge in [0.2, 0.25) is 0 Å². The highest BCUT2D eigenvalue weighted by Crippen LogP contribution is 2.25. The Labute approximate surface area is 171 Å². The number of H-pyrrole nitrogens is 1. The molecule has 0 spiro atoms. The molecule has 0 bridgehead atoms. The summed E-state index contributed by atoms with van der Waals surface area (Å²) < 4.78 is 5.27. The molecule has 0 atom stereocenters. The van der Waals surface area contributed by atoms with Crippen LogP contribution in [0.1, 0.15) is 21.6 Å². The number of carbonyl (C=O) groups excluding carboxylic acids is 1. The summed E-state index contributed by atoms with van der Waals surface area (Å²) in [7, 11) is 1.64. The molecule has 0 unspecified atom stereocenters. The number of hydrogen-bond acceptors (Lipinski definition) is 4. The van der Waals surface area contributed by atoms with Gasteiger partial charge in [-0.2, -0.15) is 5.10 Å². The largest absolute Gasteiger partial charge is 0.497 e. The van der Waals surface area contributed by atoms with Crippen LogP contribution in [0.15, 0.2) is 48.5 Å². The molecule has 2 heterocycles. The van der Waals surface area contributed by atoms with Gasteiger partial charge in [0.1, 0.15) is 11.4 Å². The van der Waals surface area contributed by atoms with E-state index in [0.717, 1.165) is 30.1 Å². The first kappa shape index (κ1) is 19.1. The molecule has 6 nitrogen and oxygen atoms in total. The molecule has 1 N–H and O–H groups in total. The molecule has 1 aromatic heterocycles. The molecule has 29 heavy (non-hydrogen) atoms. The monoisotopic (exact) mass is 390 g/mol. The zero-order valence-electron chi connectivity index (χ0n) is 17.1. The average Bonchev–Trinajstić information content (AvgIpc) is 3.24. The number of piperazine rings is 1. The van der Waals surface area contributed by atoms with Crippen molar-refractivity contribution < 1.29 is 9.53 Å². The van der Waals surface area contributed by atoms with E-state index in [1.54, 1.807) is 7.11 Å². The number of rotatable bonds is 4. The maximum Gasteiger partial charge on any atom is 0.272 e. The Morgan fingerprint density at radius 2 is 1.83 bits per heavy atom. The third-order valence-electron chi connectivity index (χ3n) is 5.43. The van der Waals surface area contributed by atoms with Gasteiger partial charge in [0.25, 0.3) is 5.91 Å². The highest BCUT2D eigenvalue weighted by Gasteiger charge is 2.24. The lowest BCUT2D eigenvalue weighted by Crippen LogP contribution is -2.49. The maximum atomic E-state index is 12.9. The second kappa shape index (κ2) is 7.99. The number of aromatic amines is 1. The molecule has 4 rings (SSSR count). The fourth-order valence-corrected chi connectivity index (χ4v) is 3.84. The normalized spacial score (nSPS) is 14.2. The van der Waals surface area contributed by atoms with E-state index in [9.17, 15) is 4.79 Å². The number of anilines is 1. The number of amides is 1. The minimum Gasteiger partial charge on any atom is -0.497 e. The zero-order chi connectivity index (χ0) is 20.4. The molecular formula is C23H26N4O2. The van der Waals surface area contributed by atoms with Gasteiger partial charge in [0, 0.05) is 37.4 Å². The molecule has 2 aromatic carbocycles. The van der Waals surface area contributed by atoms with Crippen LogP contribution in [0.25, 0.3) is 11.3 Å². The van der Waals surface area contributed by atoms with Crippen molar-refractivity contribution in [1.29, 1.82) is 0 Å². The van der Waals surface area contributed by atoms with Crippen LogP contribution in [-0.2, 0) is 0 Å². The van der Waals surface area contributed by atoms with E-state index < -0.39 is 0 Å². The Morgan fingerprint density at radius 1 is 1.03 bits per heavy atom. The fraction of sp³-hybridized carbons (Fsp3) is 0.304. The lowest BCUT2D eigenvalue weighted by Gasteiger charge is -2.36.